The first-order valence-electron chi connectivity index (χ1n) is 30.4. The Balaban J connectivity index is 4.75. The third-order valence-electron chi connectivity index (χ3n) is 12.4. The van der Waals surface area contributed by atoms with Crippen LogP contribution in [0.2, 0.25) is 0 Å². The van der Waals surface area contributed by atoms with Crippen LogP contribution in [-0.2, 0) is 42.2 Å². The Morgan fingerprint density at radius 2 is 0.692 bits per heavy atom. The largest absolute Gasteiger partial charge is 0.472 e. The van der Waals surface area contributed by atoms with Gasteiger partial charge in [0.25, 0.3) is 0 Å². The first-order chi connectivity index (χ1) is 38.2. The van der Waals surface area contributed by atoms with Crippen molar-refractivity contribution >= 4 is 25.7 Å². The van der Waals surface area contributed by atoms with Crippen molar-refractivity contribution in [3.63, 3.8) is 0 Å². The maximum Gasteiger partial charge on any atom is 0.472 e. The molecule has 12 heteroatoms. The minimum absolute atomic E-state index is 0.0961. The number of ether oxygens (including phenoxy) is 3. The van der Waals surface area contributed by atoms with Gasteiger partial charge in [-0.05, 0) is 116 Å². The summed E-state index contributed by atoms with van der Waals surface area (Å²) in [5.41, 5.74) is 0. The van der Waals surface area contributed by atoms with Gasteiger partial charge in [-0.25, -0.2) is 4.57 Å². The number of carbonyl (C=O) groups is 3. The third-order valence-corrected chi connectivity index (χ3v) is 13.3. The van der Waals surface area contributed by atoms with Gasteiger partial charge in [0.1, 0.15) is 12.7 Å². The topological polar surface area (TPSA) is 155 Å². The summed E-state index contributed by atoms with van der Waals surface area (Å²) in [5.74, 6) is -1.59. The van der Waals surface area contributed by atoms with Crippen LogP contribution in [0.25, 0.3) is 0 Å². The third kappa shape index (κ3) is 56.6. The van der Waals surface area contributed by atoms with E-state index in [1.807, 2.05) is 12.2 Å². The van der Waals surface area contributed by atoms with Crippen LogP contribution in [0, 0.1) is 0 Å². The molecule has 444 valence electrons. The lowest BCUT2D eigenvalue weighted by Gasteiger charge is -2.21. The van der Waals surface area contributed by atoms with Gasteiger partial charge in [-0.15, -0.1) is 0 Å². The molecule has 3 unspecified atom stereocenters. The number of allylic oxidation sites excluding steroid dienone is 20. The maximum absolute atomic E-state index is 12.9. The molecule has 0 radical (unpaired) electrons. The fourth-order valence-corrected chi connectivity index (χ4v) is 8.59. The summed E-state index contributed by atoms with van der Waals surface area (Å²) in [6.45, 7) is 4.29. The summed E-state index contributed by atoms with van der Waals surface area (Å²) in [4.78, 5) is 48.6. The predicted octanol–water partition coefficient (Wildman–Crippen LogP) is 18.4. The number of hydrogen-bond donors (Lipinski definition) is 2. The lowest BCUT2D eigenvalue weighted by molar-refractivity contribution is -0.161. The molecular formula is C66H109O11P. The maximum atomic E-state index is 12.9. The highest BCUT2D eigenvalue weighted by Crippen LogP contribution is 2.43. The summed E-state index contributed by atoms with van der Waals surface area (Å²) in [5, 5.41) is 9.84. The average molecular weight is 1110 g/mol. The fourth-order valence-electron chi connectivity index (χ4n) is 7.80. The summed E-state index contributed by atoms with van der Waals surface area (Å²) >= 11 is 0. The highest BCUT2D eigenvalue weighted by Gasteiger charge is 2.28. The van der Waals surface area contributed by atoms with Gasteiger partial charge in [-0.2, -0.15) is 0 Å². The number of aliphatic hydroxyl groups is 1. The van der Waals surface area contributed by atoms with Crippen molar-refractivity contribution in [1.29, 1.82) is 0 Å². The zero-order valence-electron chi connectivity index (χ0n) is 49.1. The van der Waals surface area contributed by atoms with Gasteiger partial charge < -0.3 is 24.2 Å². The molecule has 0 spiro atoms. The Hall–Kier alpha value is -4.12. The molecule has 0 saturated carbocycles. The highest BCUT2D eigenvalue weighted by molar-refractivity contribution is 7.47. The Bertz CT molecular complexity index is 1770. The molecule has 0 aliphatic rings. The molecular weight excluding hydrogens is 1000 g/mol. The first-order valence-corrected chi connectivity index (χ1v) is 31.9. The van der Waals surface area contributed by atoms with Gasteiger partial charge in [0.05, 0.1) is 19.8 Å². The van der Waals surface area contributed by atoms with Crippen LogP contribution in [0.4, 0.5) is 0 Å². The zero-order valence-corrected chi connectivity index (χ0v) is 50.0. The molecule has 78 heavy (non-hydrogen) atoms. The van der Waals surface area contributed by atoms with Crippen molar-refractivity contribution in [3.8, 4) is 0 Å². The smallest absolute Gasteiger partial charge is 0.462 e. The number of hydrogen-bond acceptors (Lipinski definition) is 10. The molecule has 0 aromatic heterocycles. The predicted molar refractivity (Wildman–Crippen MR) is 325 cm³/mol. The van der Waals surface area contributed by atoms with Gasteiger partial charge in [-0.1, -0.05) is 226 Å². The molecule has 0 aromatic rings. The molecule has 11 nitrogen and oxygen atoms in total. The van der Waals surface area contributed by atoms with E-state index in [4.69, 9.17) is 23.3 Å². The van der Waals surface area contributed by atoms with Gasteiger partial charge >= 0.3 is 25.7 Å². The lowest BCUT2D eigenvalue weighted by Crippen LogP contribution is -2.30. The average Bonchev–Trinajstić information content (AvgIpc) is 3.43. The van der Waals surface area contributed by atoms with Gasteiger partial charge in [0.2, 0.25) is 0 Å². The number of aliphatic hydroxyl groups excluding tert-OH is 1. The highest BCUT2D eigenvalue weighted by atomic mass is 31.2. The van der Waals surface area contributed by atoms with E-state index < -0.39 is 57.8 Å². The standard InChI is InChI=1S/C66H109O11P/c1-4-7-10-13-16-19-22-25-27-29-31-33-35-38-41-44-47-50-53-56-65(69)76-62(58-67)60-74-78(71,72)75-61-63(59-73-64(68)55-52-49-46-43-40-37-24-21-18-15-12-9-6-3)77-66(70)57-54-51-48-45-42-39-36-34-32-30-28-26-23-20-17-14-11-8-5-2/h8-9,11-12,16-21,25-28,32,34,37,40,46,49,62-63,67H,4-7,10,13-15,22-24,29-31,33,35-36,38-39,41-45,47-48,50-61H2,1-3H3,(H,71,72)/b11-8-,12-9-,19-16-,20-17-,21-18-,27-25-,28-26-,34-32-,40-37-,49-46-. The van der Waals surface area contributed by atoms with Crippen molar-refractivity contribution in [3.05, 3.63) is 122 Å². The number of phosphoric ester groups is 1. The monoisotopic (exact) mass is 1110 g/mol. The molecule has 0 rings (SSSR count). The Morgan fingerprint density at radius 1 is 0.372 bits per heavy atom. The first kappa shape index (κ1) is 73.9. The van der Waals surface area contributed by atoms with Crippen LogP contribution in [-0.4, -0.2) is 66.5 Å². The molecule has 0 heterocycles. The second-order valence-electron chi connectivity index (χ2n) is 19.7. The van der Waals surface area contributed by atoms with Gasteiger partial charge in [0.15, 0.2) is 6.10 Å². The molecule has 0 aliphatic heterocycles. The summed E-state index contributed by atoms with van der Waals surface area (Å²) in [7, 11) is -4.78. The van der Waals surface area contributed by atoms with E-state index in [2.05, 4.69) is 130 Å². The zero-order chi connectivity index (χ0) is 56.9. The van der Waals surface area contributed by atoms with Crippen molar-refractivity contribution in [2.24, 2.45) is 0 Å². The van der Waals surface area contributed by atoms with Crippen molar-refractivity contribution in [2.45, 2.75) is 251 Å². The quantitative estimate of drug-likeness (QED) is 0.0197. The molecule has 0 saturated heterocycles. The molecule has 0 amide bonds. The van der Waals surface area contributed by atoms with E-state index in [1.54, 1.807) is 0 Å². The van der Waals surface area contributed by atoms with Crippen LogP contribution < -0.4 is 0 Å². The summed E-state index contributed by atoms with van der Waals surface area (Å²) in [6, 6.07) is 0. The fraction of sp³-hybridized carbons (Fsp3) is 0.652. The summed E-state index contributed by atoms with van der Waals surface area (Å²) < 4.78 is 39.5. The number of carbonyl (C=O) groups excluding carboxylic acids is 3. The second kappa shape index (κ2) is 59.0. The number of phosphoric acid groups is 1. The minimum Gasteiger partial charge on any atom is -0.462 e. The molecule has 3 atom stereocenters. The molecule has 0 bridgehead atoms. The van der Waals surface area contributed by atoms with E-state index in [-0.39, 0.29) is 25.9 Å². The second-order valence-corrected chi connectivity index (χ2v) is 21.2. The SMILES string of the molecule is CC/C=C\C/C=C\C/C=C\C/C=C\CCCCCCCCC(=O)OC(COC(=O)CC/C=C\C/C=C\C/C=C\C/C=C\CC)COP(=O)(O)OCC(CO)OC(=O)CCCCCCCCCCC/C=C\C/C=C\CCCCC. The van der Waals surface area contributed by atoms with E-state index in [1.165, 1.54) is 57.8 Å². The van der Waals surface area contributed by atoms with Crippen molar-refractivity contribution < 1.29 is 52.2 Å². The lowest BCUT2D eigenvalue weighted by atomic mass is 10.1. The summed E-state index contributed by atoms with van der Waals surface area (Å²) in [6.07, 6.45) is 73.1. The molecule has 0 fully saturated rings. The Morgan fingerprint density at radius 3 is 1.08 bits per heavy atom. The van der Waals surface area contributed by atoms with Gasteiger partial charge in [0, 0.05) is 19.3 Å². The molecule has 0 aliphatic carbocycles. The van der Waals surface area contributed by atoms with Crippen molar-refractivity contribution in [1.82, 2.24) is 0 Å². The van der Waals surface area contributed by atoms with Crippen LogP contribution in [0.5, 0.6) is 0 Å². The van der Waals surface area contributed by atoms with Crippen LogP contribution in [0.3, 0.4) is 0 Å². The van der Waals surface area contributed by atoms with E-state index in [0.717, 1.165) is 122 Å². The Labute approximate surface area is 475 Å². The number of esters is 3. The number of unbranched alkanes of at least 4 members (excludes halogenated alkanes) is 18. The van der Waals surface area contributed by atoms with Crippen molar-refractivity contribution in [2.75, 3.05) is 26.4 Å². The van der Waals surface area contributed by atoms with E-state index in [9.17, 15) is 28.9 Å². The molecule has 2 N–H and O–H groups in total. The van der Waals surface area contributed by atoms with Crippen LogP contribution in [0.1, 0.15) is 239 Å². The Kier molecular flexibility index (Phi) is 55.9. The normalized spacial score (nSPS) is 14.2. The van der Waals surface area contributed by atoms with E-state index in [0.29, 0.717) is 19.3 Å². The molecule has 0 aromatic carbocycles. The van der Waals surface area contributed by atoms with Gasteiger partial charge in [-0.3, -0.25) is 23.4 Å². The number of rotatable bonds is 55. The minimum atomic E-state index is -4.78. The van der Waals surface area contributed by atoms with Crippen LogP contribution in [0.15, 0.2) is 122 Å². The van der Waals surface area contributed by atoms with E-state index >= 15 is 0 Å². The van der Waals surface area contributed by atoms with Crippen LogP contribution >= 0.6 is 7.82 Å².